The Morgan fingerprint density at radius 1 is 1.35 bits per heavy atom. The molecule has 1 amide bonds. The Morgan fingerprint density at radius 2 is 2.17 bits per heavy atom. The van der Waals surface area contributed by atoms with Gasteiger partial charge < -0.3 is 9.88 Å². The van der Waals surface area contributed by atoms with Crippen LogP contribution in [0.4, 0.5) is 0 Å². The average Bonchev–Trinajstić information content (AvgIpc) is 3.13. The molecule has 1 saturated carbocycles. The maximum atomic E-state index is 12.4. The van der Waals surface area contributed by atoms with E-state index in [0.29, 0.717) is 23.9 Å². The van der Waals surface area contributed by atoms with E-state index in [-0.39, 0.29) is 5.91 Å². The zero-order chi connectivity index (χ0) is 16.0. The largest absolute Gasteiger partial charge is 0.345 e. The summed E-state index contributed by atoms with van der Waals surface area (Å²) in [6, 6.07) is 4.18. The molecular weight excluding hydrogens is 292 g/mol. The monoisotopic (exact) mass is 310 g/mol. The van der Waals surface area contributed by atoms with E-state index in [2.05, 4.69) is 25.0 Å². The van der Waals surface area contributed by atoms with E-state index in [1.165, 1.54) is 12.8 Å². The number of nitrogens with zero attached hydrogens (tertiary/aromatic N) is 5. The van der Waals surface area contributed by atoms with Crippen LogP contribution in [0.1, 0.15) is 46.5 Å². The van der Waals surface area contributed by atoms with Crippen molar-refractivity contribution in [1.29, 1.82) is 0 Å². The van der Waals surface area contributed by atoms with Gasteiger partial charge in [0.1, 0.15) is 5.69 Å². The van der Waals surface area contributed by atoms with Crippen LogP contribution in [0, 0.1) is 13.8 Å². The van der Waals surface area contributed by atoms with Crippen molar-refractivity contribution >= 4 is 11.6 Å². The fourth-order valence-corrected chi connectivity index (χ4v) is 2.77. The molecule has 0 spiro atoms. The van der Waals surface area contributed by atoms with Crippen LogP contribution in [0.25, 0.3) is 5.65 Å². The summed E-state index contributed by atoms with van der Waals surface area (Å²) in [5.41, 5.74) is 3.89. The van der Waals surface area contributed by atoms with Crippen LogP contribution < -0.4 is 5.32 Å². The number of hydrogen-bond acceptors (Lipinski definition) is 4. The fourth-order valence-electron chi connectivity index (χ4n) is 2.77. The third kappa shape index (κ3) is 2.58. The second-order valence-corrected chi connectivity index (χ2v) is 6.04. The van der Waals surface area contributed by atoms with Gasteiger partial charge in [-0.15, -0.1) is 0 Å². The molecule has 1 N–H and O–H groups in total. The lowest BCUT2D eigenvalue weighted by Crippen LogP contribution is -2.25. The molecule has 0 saturated heterocycles. The van der Waals surface area contributed by atoms with Crippen molar-refractivity contribution in [1.82, 2.24) is 29.5 Å². The number of hydrogen-bond donors (Lipinski definition) is 1. The van der Waals surface area contributed by atoms with Crippen molar-refractivity contribution < 1.29 is 4.79 Å². The third-order valence-corrected chi connectivity index (χ3v) is 4.08. The van der Waals surface area contributed by atoms with Crippen LogP contribution in [0.2, 0.25) is 0 Å². The Kier molecular flexibility index (Phi) is 3.14. The number of fused-ring (bicyclic) bond motifs is 1. The van der Waals surface area contributed by atoms with E-state index < -0.39 is 0 Å². The van der Waals surface area contributed by atoms with Gasteiger partial charge in [-0.1, -0.05) is 0 Å². The minimum atomic E-state index is -0.182. The highest BCUT2D eigenvalue weighted by molar-refractivity contribution is 5.92. The molecule has 3 heterocycles. The van der Waals surface area contributed by atoms with Crippen LogP contribution in [0.15, 0.2) is 24.7 Å². The van der Waals surface area contributed by atoms with Crippen molar-refractivity contribution in [2.75, 3.05) is 0 Å². The molecule has 7 heteroatoms. The molecule has 23 heavy (non-hydrogen) atoms. The Morgan fingerprint density at radius 3 is 2.96 bits per heavy atom. The molecule has 118 valence electrons. The smallest absolute Gasteiger partial charge is 0.270 e. The van der Waals surface area contributed by atoms with Gasteiger partial charge in [0.25, 0.3) is 5.91 Å². The van der Waals surface area contributed by atoms with Crippen molar-refractivity contribution in [3.05, 3.63) is 47.4 Å². The van der Waals surface area contributed by atoms with E-state index in [0.717, 1.165) is 17.1 Å². The molecule has 0 radical (unpaired) electrons. The van der Waals surface area contributed by atoms with Crippen molar-refractivity contribution in [3.8, 4) is 0 Å². The van der Waals surface area contributed by atoms with Crippen molar-refractivity contribution in [2.45, 2.75) is 39.3 Å². The lowest BCUT2D eigenvalue weighted by Gasteiger charge is -2.08. The first-order valence-electron chi connectivity index (χ1n) is 7.75. The molecule has 4 rings (SSSR count). The highest BCUT2D eigenvalue weighted by Crippen LogP contribution is 2.35. The predicted molar refractivity (Wildman–Crippen MR) is 84.1 cm³/mol. The molecule has 0 atom stereocenters. The summed E-state index contributed by atoms with van der Waals surface area (Å²) in [7, 11) is 0. The predicted octanol–water partition coefficient (Wildman–Crippen LogP) is 1.81. The SMILES string of the molecule is Cc1cc2nc(C(=O)NCc3cncn3C3CC3)cc(C)n2n1. The van der Waals surface area contributed by atoms with Gasteiger partial charge in [0.15, 0.2) is 5.65 Å². The van der Waals surface area contributed by atoms with E-state index in [9.17, 15) is 4.79 Å². The van der Waals surface area contributed by atoms with E-state index >= 15 is 0 Å². The second kappa shape index (κ2) is 5.19. The first-order chi connectivity index (χ1) is 11.1. The first kappa shape index (κ1) is 13.9. The molecular formula is C16H18N6O. The highest BCUT2D eigenvalue weighted by atomic mass is 16.1. The summed E-state index contributed by atoms with van der Waals surface area (Å²) in [5, 5.41) is 7.28. The summed E-state index contributed by atoms with van der Waals surface area (Å²) < 4.78 is 3.89. The average molecular weight is 310 g/mol. The summed E-state index contributed by atoms with van der Waals surface area (Å²) in [6.45, 7) is 4.28. The Bertz CT molecular complexity index is 889. The van der Waals surface area contributed by atoms with Crippen molar-refractivity contribution in [3.63, 3.8) is 0 Å². The number of aryl methyl sites for hydroxylation is 2. The van der Waals surface area contributed by atoms with Crippen LogP contribution in [-0.4, -0.2) is 30.1 Å². The quantitative estimate of drug-likeness (QED) is 0.797. The molecule has 3 aromatic heterocycles. The Labute approximate surface area is 133 Å². The molecule has 7 nitrogen and oxygen atoms in total. The van der Waals surface area contributed by atoms with Gasteiger partial charge in [0, 0.05) is 24.0 Å². The number of rotatable bonds is 4. The number of imidazole rings is 1. The standard InChI is InChI=1S/C16H18N6O/c1-10-5-15-19-14(6-11(2)22(15)20-10)16(23)18-8-13-7-17-9-21(13)12-3-4-12/h5-7,9,12H,3-4,8H2,1-2H3,(H,18,23). The zero-order valence-electron chi connectivity index (χ0n) is 13.2. The van der Waals surface area contributed by atoms with Gasteiger partial charge in [-0.05, 0) is 32.8 Å². The van der Waals surface area contributed by atoms with Gasteiger partial charge in [0.2, 0.25) is 0 Å². The molecule has 0 bridgehead atoms. The Hall–Kier alpha value is -2.70. The van der Waals surface area contributed by atoms with Crippen LogP contribution in [0.3, 0.4) is 0 Å². The van der Waals surface area contributed by atoms with Gasteiger partial charge in [-0.25, -0.2) is 14.5 Å². The number of amides is 1. The molecule has 1 fully saturated rings. The molecule has 1 aliphatic rings. The van der Waals surface area contributed by atoms with E-state index in [1.807, 2.05) is 26.2 Å². The topological polar surface area (TPSA) is 77.1 Å². The summed E-state index contributed by atoms with van der Waals surface area (Å²) in [6.07, 6.45) is 6.02. The van der Waals surface area contributed by atoms with Gasteiger partial charge in [-0.2, -0.15) is 5.10 Å². The fraction of sp³-hybridized carbons (Fsp3) is 0.375. The highest BCUT2D eigenvalue weighted by Gasteiger charge is 2.25. The third-order valence-electron chi connectivity index (χ3n) is 4.08. The van der Waals surface area contributed by atoms with Gasteiger partial charge in [-0.3, -0.25) is 4.79 Å². The minimum Gasteiger partial charge on any atom is -0.345 e. The van der Waals surface area contributed by atoms with Crippen molar-refractivity contribution in [2.24, 2.45) is 0 Å². The van der Waals surface area contributed by atoms with Crippen LogP contribution in [-0.2, 0) is 6.54 Å². The summed E-state index contributed by atoms with van der Waals surface area (Å²) in [5.74, 6) is -0.182. The van der Waals surface area contributed by atoms with Crippen LogP contribution >= 0.6 is 0 Å². The van der Waals surface area contributed by atoms with Crippen LogP contribution in [0.5, 0.6) is 0 Å². The minimum absolute atomic E-state index is 0.182. The normalized spacial score (nSPS) is 14.3. The Balaban J connectivity index is 1.53. The second-order valence-electron chi connectivity index (χ2n) is 6.04. The number of aromatic nitrogens is 5. The molecule has 0 unspecified atom stereocenters. The molecule has 0 aromatic carbocycles. The number of carbonyl (C=O) groups excluding carboxylic acids is 1. The first-order valence-corrected chi connectivity index (χ1v) is 7.75. The summed E-state index contributed by atoms with van der Waals surface area (Å²) in [4.78, 5) is 21.0. The maximum Gasteiger partial charge on any atom is 0.270 e. The summed E-state index contributed by atoms with van der Waals surface area (Å²) >= 11 is 0. The van der Waals surface area contributed by atoms with Gasteiger partial charge >= 0.3 is 0 Å². The number of carbonyl (C=O) groups is 1. The van der Waals surface area contributed by atoms with E-state index in [4.69, 9.17) is 0 Å². The molecule has 0 aliphatic heterocycles. The maximum absolute atomic E-state index is 12.4. The molecule has 3 aromatic rings. The molecule has 1 aliphatic carbocycles. The lowest BCUT2D eigenvalue weighted by molar-refractivity contribution is 0.0945. The van der Waals surface area contributed by atoms with E-state index in [1.54, 1.807) is 16.8 Å². The lowest BCUT2D eigenvalue weighted by atomic mass is 10.3. The zero-order valence-corrected chi connectivity index (χ0v) is 13.2. The van der Waals surface area contributed by atoms with Gasteiger partial charge in [0.05, 0.1) is 24.3 Å². The number of nitrogens with one attached hydrogen (secondary N) is 1.